The molecule has 0 spiro atoms. The van der Waals surface area contributed by atoms with E-state index in [9.17, 15) is 0 Å². The Balaban J connectivity index is 2.76. The van der Waals surface area contributed by atoms with Gasteiger partial charge in [0.15, 0.2) is 5.75 Å². The number of benzene rings is 1. The maximum absolute atomic E-state index is 8.90. The van der Waals surface area contributed by atoms with Crippen molar-refractivity contribution in [2.24, 2.45) is 5.41 Å². The van der Waals surface area contributed by atoms with E-state index in [1.54, 1.807) is 12.1 Å². The van der Waals surface area contributed by atoms with Gasteiger partial charge in [0.2, 0.25) is 0 Å². The summed E-state index contributed by atoms with van der Waals surface area (Å²) in [6.45, 7) is 4.15. The van der Waals surface area contributed by atoms with Crippen LogP contribution in [0.25, 0.3) is 0 Å². The van der Waals surface area contributed by atoms with Crippen LogP contribution in [0.3, 0.4) is 0 Å². The van der Waals surface area contributed by atoms with Gasteiger partial charge in [-0.2, -0.15) is 10.5 Å². The lowest BCUT2D eigenvalue weighted by atomic mass is 9.92. The second kappa shape index (κ2) is 5.92. The highest BCUT2D eigenvalue weighted by Gasteiger charge is 2.17. The maximum atomic E-state index is 8.90. The molecular weight excluding hydrogens is 341 g/mol. The first kappa shape index (κ1) is 14.6. The van der Waals surface area contributed by atoms with E-state index in [2.05, 4.69) is 28.7 Å². The topological polar surface area (TPSA) is 82.8 Å². The SMILES string of the molecule is CC(C)(C#N)CCOc1c(N)cc(C#N)cc1I. The summed E-state index contributed by atoms with van der Waals surface area (Å²) in [4.78, 5) is 0. The number of rotatable bonds is 4. The standard InChI is InChI=1S/C13H14IN3O/c1-13(2,8-16)3-4-18-12-10(14)5-9(7-15)6-11(12)17/h5-6H,3-4,17H2,1-2H3. The van der Waals surface area contributed by atoms with E-state index in [1.807, 2.05) is 19.9 Å². The van der Waals surface area contributed by atoms with Crippen molar-refractivity contribution in [3.05, 3.63) is 21.3 Å². The smallest absolute Gasteiger partial charge is 0.155 e. The largest absolute Gasteiger partial charge is 0.490 e. The predicted octanol–water partition coefficient (Wildman–Crippen LogP) is 3.06. The van der Waals surface area contributed by atoms with Gasteiger partial charge in [0.25, 0.3) is 0 Å². The van der Waals surface area contributed by atoms with Crippen LogP contribution in [0.1, 0.15) is 25.8 Å². The van der Waals surface area contributed by atoms with Crippen molar-refractivity contribution >= 4 is 28.3 Å². The van der Waals surface area contributed by atoms with Gasteiger partial charge < -0.3 is 10.5 Å². The van der Waals surface area contributed by atoms with Crippen LogP contribution in [-0.2, 0) is 0 Å². The van der Waals surface area contributed by atoms with Crippen molar-refractivity contribution in [2.45, 2.75) is 20.3 Å². The summed E-state index contributed by atoms with van der Waals surface area (Å²) in [6.07, 6.45) is 0.624. The molecule has 1 rings (SSSR count). The Labute approximate surface area is 120 Å². The van der Waals surface area contributed by atoms with Crippen LogP contribution < -0.4 is 10.5 Å². The number of nitrogens with zero attached hydrogens (tertiary/aromatic N) is 2. The van der Waals surface area contributed by atoms with E-state index in [4.69, 9.17) is 21.0 Å². The Morgan fingerprint density at radius 2 is 2.06 bits per heavy atom. The highest BCUT2D eigenvalue weighted by Crippen LogP contribution is 2.30. The molecule has 2 N–H and O–H groups in total. The van der Waals surface area contributed by atoms with Gasteiger partial charge in [0.1, 0.15) is 0 Å². The lowest BCUT2D eigenvalue weighted by Gasteiger charge is -2.16. The molecule has 0 heterocycles. The minimum Gasteiger partial charge on any atom is -0.490 e. The fourth-order valence-electron chi connectivity index (χ4n) is 1.30. The van der Waals surface area contributed by atoms with E-state index >= 15 is 0 Å². The van der Waals surface area contributed by atoms with Crippen LogP contribution in [0.5, 0.6) is 5.75 Å². The van der Waals surface area contributed by atoms with Gasteiger partial charge >= 0.3 is 0 Å². The number of nitrogens with two attached hydrogens (primary N) is 1. The third kappa shape index (κ3) is 3.78. The number of ether oxygens (including phenoxy) is 1. The number of nitrogen functional groups attached to an aromatic ring is 1. The molecule has 0 aliphatic heterocycles. The Kier molecular flexibility index (Phi) is 4.80. The molecule has 1 aromatic carbocycles. The molecular formula is C13H14IN3O. The average molecular weight is 355 g/mol. The van der Waals surface area contributed by atoms with E-state index in [-0.39, 0.29) is 0 Å². The second-order valence-electron chi connectivity index (χ2n) is 4.58. The maximum Gasteiger partial charge on any atom is 0.155 e. The summed E-state index contributed by atoms with van der Waals surface area (Å²) in [5.74, 6) is 0.586. The van der Waals surface area contributed by atoms with Gasteiger partial charge in [0.05, 0.1) is 39.0 Å². The number of hydrogen-bond donors (Lipinski definition) is 1. The highest BCUT2D eigenvalue weighted by atomic mass is 127. The third-order valence-corrected chi connectivity index (χ3v) is 3.28. The normalized spacial score (nSPS) is 10.5. The van der Waals surface area contributed by atoms with Crippen molar-refractivity contribution in [2.75, 3.05) is 12.3 Å². The van der Waals surface area contributed by atoms with Crippen molar-refractivity contribution in [3.8, 4) is 17.9 Å². The van der Waals surface area contributed by atoms with Crippen LogP contribution in [0.15, 0.2) is 12.1 Å². The predicted molar refractivity (Wildman–Crippen MR) is 77.8 cm³/mol. The summed E-state index contributed by atoms with van der Waals surface area (Å²) in [5, 5.41) is 17.7. The summed E-state index contributed by atoms with van der Waals surface area (Å²) < 4.78 is 6.42. The van der Waals surface area contributed by atoms with Gasteiger partial charge in [0, 0.05) is 0 Å². The first-order chi connectivity index (χ1) is 8.39. The first-order valence-electron chi connectivity index (χ1n) is 5.43. The molecule has 0 aliphatic rings. The second-order valence-corrected chi connectivity index (χ2v) is 5.74. The number of hydrogen-bond acceptors (Lipinski definition) is 4. The van der Waals surface area contributed by atoms with E-state index in [0.29, 0.717) is 30.0 Å². The quantitative estimate of drug-likeness (QED) is 0.665. The fourth-order valence-corrected chi connectivity index (χ4v) is 2.10. The molecule has 0 aliphatic carbocycles. The molecule has 0 saturated heterocycles. The molecule has 0 atom stereocenters. The van der Waals surface area contributed by atoms with E-state index in [1.165, 1.54) is 0 Å². The highest BCUT2D eigenvalue weighted by molar-refractivity contribution is 14.1. The molecule has 0 radical (unpaired) electrons. The van der Waals surface area contributed by atoms with Crippen LogP contribution in [0, 0.1) is 31.6 Å². The van der Waals surface area contributed by atoms with Gasteiger partial charge in [-0.3, -0.25) is 0 Å². The fraction of sp³-hybridized carbons (Fsp3) is 0.385. The number of halogens is 1. The lowest BCUT2D eigenvalue weighted by molar-refractivity contribution is 0.264. The minimum absolute atomic E-state index is 0.410. The third-order valence-electron chi connectivity index (χ3n) is 2.48. The van der Waals surface area contributed by atoms with Crippen LogP contribution >= 0.6 is 22.6 Å². The first-order valence-corrected chi connectivity index (χ1v) is 6.50. The number of anilines is 1. The zero-order valence-corrected chi connectivity index (χ0v) is 12.5. The molecule has 0 aromatic heterocycles. The van der Waals surface area contributed by atoms with Crippen LogP contribution in [0.4, 0.5) is 5.69 Å². The molecule has 0 amide bonds. The summed E-state index contributed by atoms with van der Waals surface area (Å²) in [7, 11) is 0. The van der Waals surface area contributed by atoms with Crippen LogP contribution in [0.2, 0.25) is 0 Å². The van der Waals surface area contributed by atoms with Crippen molar-refractivity contribution in [1.29, 1.82) is 10.5 Å². The summed E-state index contributed by atoms with van der Waals surface area (Å²) >= 11 is 2.08. The molecule has 5 heteroatoms. The monoisotopic (exact) mass is 355 g/mol. The Bertz CT molecular complexity index is 503. The molecule has 1 aromatic rings. The van der Waals surface area contributed by atoms with Gasteiger partial charge in [-0.15, -0.1) is 0 Å². The van der Waals surface area contributed by atoms with E-state index < -0.39 is 5.41 Å². The van der Waals surface area contributed by atoms with Crippen LogP contribution in [-0.4, -0.2) is 6.61 Å². The molecule has 0 fully saturated rings. The number of nitriles is 2. The zero-order chi connectivity index (χ0) is 13.8. The Morgan fingerprint density at radius 1 is 1.39 bits per heavy atom. The Hall–Kier alpha value is -1.47. The minimum atomic E-state index is -0.410. The molecule has 94 valence electrons. The molecule has 0 saturated carbocycles. The molecule has 4 nitrogen and oxygen atoms in total. The molecule has 0 unspecified atom stereocenters. The molecule has 0 bridgehead atoms. The van der Waals surface area contributed by atoms with Crippen molar-refractivity contribution in [3.63, 3.8) is 0 Å². The van der Waals surface area contributed by atoms with Gasteiger partial charge in [-0.1, -0.05) is 0 Å². The van der Waals surface area contributed by atoms with Crippen molar-refractivity contribution in [1.82, 2.24) is 0 Å². The zero-order valence-electron chi connectivity index (χ0n) is 10.3. The average Bonchev–Trinajstić information content (AvgIpc) is 2.32. The van der Waals surface area contributed by atoms with Gasteiger partial charge in [-0.05, 0) is 55.0 Å². The van der Waals surface area contributed by atoms with Crippen molar-refractivity contribution < 1.29 is 4.74 Å². The lowest BCUT2D eigenvalue weighted by Crippen LogP contribution is -2.14. The molecule has 18 heavy (non-hydrogen) atoms. The summed E-state index contributed by atoms with van der Waals surface area (Å²) in [5.41, 5.74) is 6.39. The Morgan fingerprint density at radius 3 is 2.56 bits per heavy atom. The van der Waals surface area contributed by atoms with E-state index in [0.717, 1.165) is 3.57 Å². The van der Waals surface area contributed by atoms with Gasteiger partial charge in [-0.25, -0.2) is 0 Å². The summed E-state index contributed by atoms with van der Waals surface area (Å²) in [6, 6.07) is 7.57.